The van der Waals surface area contributed by atoms with E-state index in [9.17, 15) is 9.59 Å². The molecule has 0 radical (unpaired) electrons. The van der Waals surface area contributed by atoms with Crippen molar-refractivity contribution in [3.63, 3.8) is 0 Å². The Hall–Kier alpha value is -3.92. The van der Waals surface area contributed by atoms with E-state index in [0.717, 1.165) is 71.6 Å². The predicted molar refractivity (Wildman–Crippen MR) is 147 cm³/mol. The lowest BCUT2D eigenvalue weighted by Gasteiger charge is -2.15. The zero-order valence-electron chi connectivity index (χ0n) is 21.6. The van der Waals surface area contributed by atoms with Crippen LogP contribution in [0.2, 0.25) is 0 Å². The van der Waals surface area contributed by atoms with Gasteiger partial charge in [-0.25, -0.2) is 9.50 Å². The number of nitrogens with one attached hydrogen (secondary N) is 1. The van der Waals surface area contributed by atoms with Gasteiger partial charge in [0.05, 0.1) is 30.2 Å². The van der Waals surface area contributed by atoms with Crippen molar-refractivity contribution < 1.29 is 19.1 Å². The Bertz CT molecular complexity index is 1450. The Morgan fingerprint density at radius 1 is 1.13 bits per heavy atom. The fourth-order valence-corrected chi connectivity index (χ4v) is 5.59. The van der Waals surface area contributed by atoms with Gasteiger partial charge in [-0.3, -0.25) is 9.59 Å². The molecule has 5 rings (SSSR count). The highest BCUT2D eigenvalue weighted by molar-refractivity contribution is 7.17. The van der Waals surface area contributed by atoms with E-state index in [4.69, 9.17) is 14.6 Å². The molecule has 1 N–H and O–H groups in total. The number of rotatable bonds is 12. The maximum atomic E-state index is 13.0. The number of ether oxygens (including phenoxy) is 2. The molecule has 3 aromatic heterocycles. The Morgan fingerprint density at radius 3 is 2.82 bits per heavy atom. The van der Waals surface area contributed by atoms with E-state index >= 15 is 0 Å². The fourth-order valence-electron chi connectivity index (χ4n) is 4.62. The minimum absolute atomic E-state index is 0.0831. The van der Waals surface area contributed by atoms with Crippen LogP contribution in [-0.2, 0) is 11.2 Å². The van der Waals surface area contributed by atoms with Crippen molar-refractivity contribution in [1.82, 2.24) is 19.5 Å². The van der Waals surface area contributed by atoms with Crippen LogP contribution in [0.1, 0.15) is 40.9 Å². The minimum Gasteiger partial charge on any atom is -0.497 e. The van der Waals surface area contributed by atoms with E-state index in [0.29, 0.717) is 24.1 Å². The first-order valence-electron chi connectivity index (χ1n) is 12.8. The number of imidazole rings is 1. The number of likely N-dealkylation sites (tertiary alicyclic amines) is 1. The van der Waals surface area contributed by atoms with Gasteiger partial charge in [0.1, 0.15) is 23.0 Å². The lowest BCUT2D eigenvalue weighted by molar-refractivity contribution is -0.127. The summed E-state index contributed by atoms with van der Waals surface area (Å²) in [5, 5.41) is 8.07. The molecular weight excluding hydrogens is 502 g/mol. The topological polar surface area (TPSA) is 98.1 Å². The van der Waals surface area contributed by atoms with Crippen molar-refractivity contribution in [2.45, 2.75) is 32.1 Å². The van der Waals surface area contributed by atoms with Crippen LogP contribution in [-0.4, -0.2) is 65.0 Å². The van der Waals surface area contributed by atoms with Crippen LogP contribution in [0.3, 0.4) is 0 Å². The molecule has 0 saturated carbocycles. The zero-order chi connectivity index (χ0) is 26.5. The molecule has 1 amide bonds. The Morgan fingerprint density at radius 2 is 2.03 bits per heavy atom. The number of fused-ring (bicyclic) bond motifs is 1. The molecule has 4 aromatic rings. The van der Waals surface area contributed by atoms with Crippen molar-refractivity contribution in [3.05, 3.63) is 59.1 Å². The average molecular weight is 534 g/mol. The molecule has 9 nitrogen and oxygen atoms in total. The third-order valence-corrected chi connectivity index (χ3v) is 7.84. The van der Waals surface area contributed by atoms with Crippen LogP contribution in [0.4, 0.5) is 5.82 Å². The second-order valence-corrected chi connectivity index (χ2v) is 10.2. The van der Waals surface area contributed by atoms with Gasteiger partial charge in [-0.2, -0.15) is 0 Å². The van der Waals surface area contributed by atoms with Gasteiger partial charge in [0.2, 0.25) is 5.91 Å². The number of thiophene rings is 1. The van der Waals surface area contributed by atoms with Gasteiger partial charge in [0.15, 0.2) is 11.4 Å². The number of aromatic nitrogens is 3. The number of carbonyl (C=O) groups is 2. The van der Waals surface area contributed by atoms with Crippen molar-refractivity contribution in [1.29, 1.82) is 0 Å². The van der Waals surface area contributed by atoms with Crippen LogP contribution in [0.25, 0.3) is 16.2 Å². The van der Waals surface area contributed by atoms with E-state index in [1.807, 2.05) is 47.4 Å². The Labute approximate surface area is 225 Å². The Kier molecular flexibility index (Phi) is 7.88. The van der Waals surface area contributed by atoms with E-state index < -0.39 is 0 Å². The minimum atomic E-state index is 0.0831. The van der Waals surface area contributed by atoms with E-state index in [1.165, 1.54) is 11.3 Å². The molecule has 0 unspecified atom stereocenters. The molecule has 1 aromatic carbocycles. The lowest BCUT2D eigenvalue weighted by atomic mass is 10.1. The second-order valence-electron chi connectivity index (χ2n) is 9.16. The summed E-state index contributed by atoms with van der Waals surface area (Å²) in [6, 6.07) is 13.3. The van der Waals surface area contributed by atoms with Crippen LogP contribution >= 0.6 is 11.3 Å². The van der Waals surface area contributed by atoms with E-state index in [-0.39, 0.29) is 11.7 Å². The molecule has 38 heavy (non-hydrogen) atoms. The SMILES string of the molecule is COc1ccc(CCC(=O)c2ccc(-c3cnc4ccc(NCCCN5CCCC5=O)nn34)s2)c(OC)c1. The zero-order valence-corrected chi connectivity index (χ0v) is 22.4. The number of methoxy groups -OCH3 is 2. The molecule has 10 heteroatoms. The molecule has 0 atom stereocenters. The molecule has 1 aliphatic rings. The quantitative estimate of drug-likeness (QED) is 0.208. The maximum absolute atomic E-state index is 13.0. The monoisotopic (exact) mass is 533 g/mol. The van der Waals surface area contributed by atoms with Crippen molar-refractivity contribution >= 4 is 34.5 Å². The van der Waals surface area contributed by atoms with Crippen molar-refractivity contribution in [2.75, 3.05) is 39.2 Å². The summed E-state index contributed by atoms with van der Waals surface area (Å²) in [5.41, 5.74) is 2.55. The van der Waals surface area contributed by atoms with Crippen molar-refractivity contribution in [2.24, 2.45) is 0 Å². The van der Waals surface area contributed by atoms with Gasteiger partial charge < -0.3 is 19.7 Å². The van der Waals surface area contributed by atoms with Gasteiger partial charge in [-0.15, -0.1) is 16.4 Å². The number of hydrogen-bond donors (Lipinski definition) is 1. The second kappa shape index (κ2) is 11.6. The third kappa shape index (κ3) is 5.65. The fraction of sp³-hybridized carbons (Fsp3) is 0.357. The van der Waals surface area contributed by atoms with Gasteiger partial charge in [0.25, 0.3) is 0 Å². The number of amides is 1. The van der Waals surface area contributed by atoms with Gasteiger partial charge in [0, 0.05) is 38.5 Å². The van der Waals surface area contributed by atoms with Gasteiger partial charge in [-0.1, -0.05) is 6.07 Å². The number of aryl methyl sites for hydroxylation is 1. The smallest absolute Gasteiger partial charge is 0.222 e. The molecule has 0 bridgehead atoms. The van der Waals surface area contributed by atoms with Gasteiger partial charge in [-0.05, 0) is 55.2 Å². The summed E-state index contributed by atoms with van der Waals surface area (Å²) < 4.78 is 12.5. The van der Waals surface area contributed by atoms with Crippen LogP contribution < -0.4 is 14.8 Å². The standard InChI is InChI=1S/C28H31N5O4S/c1-36-20-8-6-19(23(17-20)37-2)7-9-22(34)25-11-10-24(38-25)21-18-30-27-13-12-26(31-33(21)27)29-14-4-16-32-15-3-5-28(32)35/h6,8,10-13,17-18H,3-5,7,9,14-16H2,1-2H3,(H,29,31). The number of Topliss-reactive ketones (excluding diaryl/α,β-unsaturated/α-hetero) is 1. The van der Waals surface area contributed by atoms with Crippen LogP contribution in [0, 0.1) is 0 Å². The first-order chi connectivity index (χ1) is 18.6. The van der Waals surface area contributed by atoms with E-state index in [1.54, 1.807) is 24.9 Å². The first-order valence-corrected chi connectivity index (χ1v) is 13.6. The van der Waals surface area contributed by atoms with Crippen LogP contribution in [0.15, 0.2) is 48.7 Å². The number of benzene rings is 1. The number of ketones is 1. The predicted octanol–water partition coefficient (Wildman–Crippen LogP) is 4.71. The summed E-state index contributed by atoms with van der Waals surface area (Å²) in [7, 11) is 3.23. The molecule has 1 aliphatic heterocycles. The molecule has 0 aliphatic carbocycles. The maximum Gasteiger partial charge on any atom is 0.222 e. The molecule has 1 fully saturated rings. The highest BCUT2D eigenvalue weighted by atomic mass is 32.1. The summed E-state index contributed by atoms with van der Waals surface area (Å²) in [6.07, 6.45) is 5.24. The number of anilines is 1. The first kappa shape index (κ1) is 25.7. The highest BCUT2D eigenvalue weighted by Crippen LogP contribution is 2.31. The summed E-state index contributed by atoms with van der Waals surface area (Å²) in [4.78, 5) is 32.8. The third-order valence-electron chi connectivity index (χ3n) is 6.69. The lowest BCUT2D eigenvalue weighted by Crippen LogP contribution is -2.27. The van der Waals surface area contributed by atoms with E-state index in [2.05, 4.69) is 10.3 Å². The summed E-state index contributed by atoms with van der Waals surface area (Å²) >= 11 is 1.45. The molecule has 198 valence electrons. The largest absolute Gasteiger partial charge is 0.497 e. The molecule has 4 heterocycles. The normalized spacial score (nSPS) is 13.3. The number of hydrogen-bond acceptors (Lipinski definition) is 8. The highest BCUT2D eigenvalue weighted by Gasteiger charge is 2.19. The number of carbonyl (C=O) groups excluding carboxylic acids is 2. The average Bonchev–Trinajstić information content (AvgIpc) is 3.69. The number of nitrogens with zero attached hydrogens (tertiary/aromatic N) is 4. The van der Waals surface area contributed by atoms with Gasteiger partial charge >= 0.3 is 0 Å². The molecule has 1 saturated heterocycles. The Balaban J connectivity index is 1.22. The van der Waals surface area contributed by atoms with Crippen LogP contribution in [0.5, 0.6) is 11.5 Å². The molecule has 0 spiro atoms. The van der Waals surface area contributed by atoms with Crippen molar-refractivity contribution in [3.8, 4) is 22.1 Å². The summed E-state index contributed by atoms with van der Waals surface area (Å²) in [6.45, 7) is 2.35. The summed E-state index contributed by atoms with van der Waals surface area (Å²) in [5.74, 6) is 2.51. The molecular formula is C28H31N5O4S.